The van der Waals surface area contributed by atoms with Gasteiger partial charge >= 0.3 is 5.97 Å². The van der Waals surface area contributed by atoms with Crippen molar-refractivity contribution in [2.75, 3.05) is 20.3 Å². The molecule has 3 rings (SSSR count). The molecular weight excluding hydrogens is 394 g/mol. The van der Waals surface area contributed by atoms with Crippen LogP contribution in [0.4, 0.5) is 0 Å². The molecule has 1 unspecified atom stereocenters. The number of esters is 1. The molecular formula is C25H31NO5. The molecule has 1 aromatic carbocycles. The van der Waals surface area contributed by atoms with Crippen molar-refractivity contribution >= 4 is 11.8 Å². The SMILES string of the molecule is C=CCOc1ccc(C2C(C(=O)OCC)=C(C)NC3=C2C(=O)CC(C)(C)C3)cc1OC. The lowest BCUT2D eigenvalue weighted by atomic mass is 9.68. The van der Waals surface area contributed by atoms with E-state index in [1.165, 1.54) is 0 Å². The van der Waals surface area contributed by atoms with Crippen LogP contribution in [-0.4, -0.2) is 32.1 Å². The van der Waals surface area contributed by atoms with Gasteiger partial charge in [-0.2, -0.15) is 0 Å². The summed E-state index contributed by atoms with van der Waals surface area (Å²) in [5, 5.41) is 3.33. The number of hydrogen-bond acceptors (Lipinski definition) is 6. The molecule has 1 aliphatic heterocycles. The molecule has 1 aromatic rings. The van der Waals surface area contributed by atoms with Crippen LogP contribution in [0.25, 0.3) is 0 Å². The Morgan fingerprint density at radius 3 is 2.68 bits per heavy atom. The number of carbonyl (C=O) groups is 2. The summed E-state index contributed by atoms with van der Waals surface area (Å²) in [5.74, 6) is 0.200. The molecule has 1 aliphatic carbocycles. The van der Waals surface area contributed by atoms with Gasteiger partial charge in [0.2, 0.25) is 0 Å². The molecule has 1 heterocycles. The fourth-order valence-corrected chi connectivity index (χ4v) is 4.38. The Morgan fingerprint density at radius 2 is 2.03 bits per heavy atom. The van der Waals surface area contributed by atoms with Gasteiger partial charge in [-0.3, -0.25) is 4.79 Å². The number of ether oxygens (including phenoxy) is 3. The lowest BCUT2D eigenvalue weighted by Gasteiger charge is -2.39. The first kappa shape index (κ1) is 22.7. The topological polar surface area (TPSA) is 73.9 Å². The average molecular weight is 426 g/mol. The van der Waals surface area contributed by atoms with Gasteiger partial charge in [0.15, 0.2) is 17.3 Å². The smallest absolute Gasteiger partial charge is 0.336 e. The summed E-state index contributed by atoms with van der Waals surface area (Å²) in [4.78, 5) is 26.2. The predicted octanol–water partition coefficient (Wildman–Crippen LogP) is 4.43. The first-order valence-corrected chi connectivity index (χ1v) is 10.5. The van der Waals surface area contributed by atoms with E-state index < -0.39 is 11.9 Å². The van der Waals surface area contributed by atoms with Crippen molar-refractivity contribution in [3.63, 3.8) is 0 Å². The Kier molecular flexibility index (Phi) is 6.58. The van der Waals surface area contributed by atoms with E-state index in [1.807, 2.05) is 19.1 Å². The number of ketones is 1. The molecule has 31 heavy (non-hydrogen) atoms. The third-order valence-electron chi connectivity index (χ3n) is 5.61. The van der Waals surface area contributed by atoms with E-state index in [0.29, 0.717) is 41.4 Å². The minimum atomic E-state index is -0.527. The zero-order chi connectivity index (χ0) is 22.8. The van der Waals surface area contributed by atoms with Crippen molar-refractivity contribution in [3.8, 4) is 11.5 Å². The van der Waals surface area contributed by atoms with E-state index in [4.69, 9.17) is 14.2 Å². The van der Waals surface area contributed by atoms with Gasteiger partial charge in [0, 0.05) is 29.3 Å². The van der Waals surface area contributed by atoms with Crippen LogP contribution in [-0.2, 0) is 14.3 Å². The van der Waals surface area contributed by atoms with E-state index in [-0.39, 0.29) is 17.8 Å². The van der Waals surface area contributed by atoms with Crippen molar-refractivity contribution in [3.05, 3.63) is 59.0 Å². The number of methoxy groups -OCH3 is 1. The van der Waals surface area contributed by atoms with E-state index in [1.54, 1.807) is 26.2 Å². The molecule has 0 amide bonds. The van der Waals surface area contributed by atoms with Crippen LogP contribution in [0.1, 0.15) is 52.0 Å². The maximum absolute atomic E-state index is 13.3. The molecule has 166 valence electrons. The highest BCUT2D eigenvalue weighted by Gasteiger charge is 2.43. The van der Waals surface area contributed by atoms with Crippen LogP contribution in [0, 0.1) is 5.41 Å². The monoisotopic (exact) mass is 425 g/mol. The van der Waals surface area contributed by atoms with E-state index in [9.17, 15) is 9.59 Å². The summed E-state index contributed by atoms with van der Waals surface area (Å²) >= 11 is 0. The fourth-order valence-electron chi connectivity index (χ4n) is 4.38. The van der Waals surface area contributed by atoms with Gasteiger partial charge in [-0.05, 0) is 43.4 Å². The summed E-state index contributed by atoms with van der Waals surface area (Å²) in [6.07, 6.45) is 2.82. The summed E-state index contributed by atoms with van der Waals surface area (Å²) in [6.45, 7) is 12.1. The number of rotatable bonds is 7. The average Bonchev–Trinajstić information content (AvgIpc) is 2.70. The van der Waals surface area contributed by atoms with Crippen molar-refractivity contribution < 1.29 is 23.8 Å². The van der Waals surface area contributed by atoms with Crippen molar-refractivity contribution in [2.24, 2.45) is 5.41 Å². The maximum atomic E-state index is 13.3. The molecule has 2 aliphatic rings. The minimum absolute atomic E-state index is 0.0454. The second-order valence-corrected chi connectivity index (χ2v) is 8.66. The molecule has 6 nitrogen and oxygen atoms in total. The molecule has 0 saturated carbocycles. The Labute approximate surface area is 183 Å². The van der Waals surface area contributed by atoms with Crippen molar-refractivity contribution in [2.45, 2.75) is 46.5 Å². The highest BCUT2D eigenvalue weighted by atomic mass is 16.5. The lowest BCUT2D eigenvalue weighted by Crippen LogP contribution is -2.38. The van der Waals surface area contributed by atoms with Crippen molar-refractivity contribution in [1.82, 2.24) is 5.32 Å². The first-order valence-electron chi connectivity index (χ1n) is 10.5. The standard InChI is InChI=1S/C25H31NO5/c1-7-11-31-19-10-9-16(12-20(19)29-6)22-21(24(28)30-8-2)15(3)26-17-13-25(4,5)14-18(27)23(17)22/h7,9-10,12,22,26H,1,8,11,13-14H2,2-6H3. The number of benzene rings is 1. The second-order valence-electron chi connectivity index (χ2n) is 8.66. The number of Topliss-reactive ketones (excluding diaryl/α,β-unsaturated/α-hetero) is 1. The summed E-state index contributed by atoms with van der Waals surface area (Å²) in [5.41, 5.74) is 3.31. The van der Waals surface area contributed by atoms with Crippen molar-refractivity contribution in [1.29, 1.82) is 0 Å². The zero-order valence-corrected chi connectivity index (χ0v) is 19.0. The molecule has 0 radical (unpaired) electrons. The number of carbonyl (C=O) groups excluding carboxylic acids is 2. The molecule has 0 saturated heterocycles. The third kappa shape index (κ3) is 4.53. The minimum Gasteiger partial charge on any atom is -0.493 e. The van der Waals surface area contributed by atoms with E-state index in [0.717, 1.165) is 17.7 Å². The maximum Gasteiger partial charge on any atom is 0.336 e. The van der Waals surface area contributed by atoms with Crippen LogP contribution in [0.2, 0.25) is 0 Å². The lowest BCUT2D eigenvalue weighted by molar-refractivity contribution is -0.138. The van der Waals surface area contributed by atoms with Crippen LogP contribution < -0.4 is 14.8 Å². The molecule has 0 aromatic heterocycles. The number of hydrogen-bond donors (Lipinski definition) is 1. The third-order valence-corrected chi connectivity index (χ3v) is 5.61. The highest BCUT2D eigenvalue weighted by Crippen LogP contribution is 2.47. The number of dihydropyridines is 1. The molecule has 0 fully saturated rings. The Hall–Kier alpha value is -3.02. The van der Waals surface area contributed by atoms with Crippen LogP contribution in [0.3, 0.4) is 0 Å². The zero-order valence-electron chi connectivity index (χ0n) is 19.0. The van der Waals surface area contributed by atoms with E-state index in [2.05, 4.69) is 25.7 Å². The quantitative estimate of drug-likeness (QED) is 0.515. The highest BCUT2D eigenvalue weighted by molar-refractivity contribution is 6.04. The van der Waals surface area contributed by atoms with E-state index >= 15 is 0 Å². The Morgan fingerprint density at radius 1 is 1.29 bits per heavy atom. The number of allylic oxidation sites excluding steroid dienone is 3. The largest absolute Gasteiger partial charge is 0.493 e. The first-order chi connectivity index (χ1) is 14.7. The summed E-state index contributed by atoms with van der Waals surface area (Å²) in [6, 6.07) is 5.51. The molecule has 0 spiro atoms. The van der Waals surface area contributed by atoms with Crippen LogP contribution in [0.5, 0.6) is 11.5 Å². The van der Waals surface area contributed by atoms with Gasteiger partial charge in [-0.25, -0.2) is 4.79 Å². The Balaban J connectivity index is 2.16. The van der Waals surface area contributed by atoms with Gasteiger partial charge in [-0.1, -0.05) is 32.6 Å². The summed E-state index contributed by atoms with van der Waals surface area (Å²) in [7, 11) is 1.56. The predicted molar refractivity (Wildman–Crippen MR) is 119 cm³/mol. The van der Waals surface area contributed by atoms with Crippen LogP contribution in [0.15, 0.2) is 53.4 Å². The Bertz CT molecular complexity index is 970. The normalized spacial score (nSPS) is 20.0. The van der Waals surface area contributed by atoms with Gasteiger partial charge in [-0.15, -0.1) is 0 Å². The van der Waals surface area contributed by atoms with Crippen LogP contribution >= 0.6 is 0 Å². The molecule has 6 heteroatoms. The summed E-state index contributed by atoms with van der Waals surface area (Å²) < 4.78 is 16.6. The second kappa shape index (κ2) is 9.00. The molecule has 1 N–H and O–H groups in total. The van der Waals surface area contributed by atoms with Gasteiger partial charge in [0.25, 0.3) is 0 Å². The molecule has 1 atom stereocenters. The van der Waals surface area contributed by atoms with Gasteiger partial charge < -0.3 is 19.5 Å². The number of nitrogens with one attached hydrogen (secondary N) is 1. The fraction of sp³-hybridized carbons (Fsp3) is 0.440. The molecule has 0 bridgehead atoms. The van der Waals surface area contributed by atoms with Gasteiger partial charge in [0.1, 0.15) is 6.61 Å². The van der Waals surface area contributed by atoms with Gasteiger partial charge in [0.05, 0.1) is 19.3 Å².